The predicted octanol–water partition coefficient (Wildman–Crippen LogP) is 2.54. The van der Waals surface area contributed by atoms with E-state index in [1.165, 1.54) is 39.0 Å². The van der Waals surface area contributed by atoms with Crippen molar-refractivity contribution in [1.82, 2.24) is 28.9 Å². The van der Waals surface area contributed by atoms with Gasteiger partial charge in [-0.15, -0.1) is 0 Å². The summed E-state index contributed by atoms with van der Waals surface area (Å²) in [4.78, 5) is 34.5. The summed E-state index contributed by atoms with van der Waals surface area (Å²) in [5.41, 5.74) is 1.82. The van der Waals surface area contributed by atoms with Crippen LogP contribution in [0.2, 0.25) is 0 Å². The molecule has 0 aliphatic carbocycles. The van der Waals surface area contributed by atoms with E-state index in [1.54, 1.807) is 25.4 Å². The maximum atomic E-state index is 13.1. The summed E-state index contributed by atoms with van der Waals surface area (Å²) in [6.45, 7) is 1.97. The van der Waals surface area contributed by atoms with Crippen molar-refractivity contribution < 1.29 is 9.18 Å². The number of ketones is 1. The fourth-order valence-electron chi connectivity index (χ4n) is 3.03. The van der Waals surface area contributed by atoms with E-state index in [0.717, 1.165) is 11.3 Å². The van der Waals surface area contributed by atoms with E-state index in [9.17, 15) is 14.0 Å². The van der Waals surface area contributed by atoms with Gasteiger partial charge in [-0.3, -0.25) is 4.79 Å². The number of thiazole rings is 1. The third kappa shape index (κ3) is 4.13. The Labute approximate surface area is 175 Å². The van der Waals surface area contributed by atoms with E-state index >= 15 is 0 Å². The molecule has 0 saturated carbocycles. The number of imidazole rings is 1. The minimum absolute atomic E-state index is 0.0337. The number of aryl methyl sites for hydroxylation is 3. The first-order valence-electron chi connectivity index (χ1n) is 9.27. The normalized spacial score (nSPS) is 11.2. The van der Waals surface area contributed by atoms with E-state index in [1.807, 2.05) is 17.8 Å². The molecule has 8 nitrogen and oxygen atoms in total. The van der Waals surface area contributed by atoms with Crippen molar-refractivity contribution in [2.24, 2.45) is 7.05 Å². The zero-order valence-corrected chi connectivity index (χ0v) is 17.3. The second kappa shape index (κ2) is 8.15. The van der Waals surface area contributed by atoms with Gasteiger partial charge >= 0.3 is 5.69 Å². The van der Waals surface area contributed by atoms with Crippen molar-refractivity contribution in [2.45, 2.75) is 26.3 Å². The van der Waals surface area contributed by atoms with Gasteiger partial charge in [-0.2, -0.15) is 5.10 Å². The van der Waals surface area contributed by atoms with Gasteiger partial charge in [0.1, 0.15) is 12.1 Å². The van der Waals surface area contributed by atoms with E-state index in [0.29, 0.717) is 28.5 Å². The zero-order chi connectivity index (χ0) is 21.3. The Morgan fingerprint density at radius 3 is 2.67 bits per heavy atom. The number of nitrogens with zero attached hydrogens (tertiary/aromatic N) is 6. The van der Waals surface area contributed by atoms with Crippen molar-refractivity contribution in [3.63, 3.8) is 0 Å². The number of hydrogen-bond donors (Lipinski definition) is 0. The summed E-state index contributed by atoms with van der Waals surface area (Å²) < 4.78 is 17.5. The SMILES string of the molecule is Cc1nc(-n2cnn(Cc3ccc(F)cc3)c2=O)sc1C(=O)CCc1cn(C)cn1. The van der Waals surface area contributed by atoms with Crippen LogP contribution in [-0.4, -0.2) is 34.7 Å². The Morgan fingerprint density at radius 2 is 1.97 bits per heavy atom. The highest BCUT2D eigenvalue weighted by Crippen LogP contribution is 2.22. The molecule has 10 heteroatoms. The molecule has 1 aromatic carbocycles. The van der Waals surface area contributed by atoms with Gasteiger partial charge in [-0.1, -0.05) is 23.5 Å². The zero-order valence-electron chi connectivity index (χ0n) is 16.4. The van der Waals surface area contributed by atoms with Gasteiger partial charge < -0.3 is 4.57 Å². The van der Waals surface area contributed by atoms with Gasteiger partial charge in [0.15, 0.2) is 10.9 Å². The van der Waals surface area contributed by atoms with Crippen LogP contribution in [0.25, 0.3) is 5.13 Å². The van der Waals surface area contributed by atoms with Crippen LogP contribution >= 0.6 is 11.3 Å². The molecule has 3 heterocycles. The fourth-order valence-corrected chi connectivity index (χ4v) is 4.03. The number of carbonyl (C=O) groups is 1. The highest BCUT2D eigenvalue weighted by molar-refractivity contribution is 7.16. The second-order valence-corrected chi connectivity index (χ2v) is 7.91. The smallest absolute Gasteiger partial charge is 0.340 e. The number of hydrogen-bond acceptors (Lipinski definition) is 6. The van der Waals surface area contributed by atoms with Crippen molar-refractivity contribution in [2.75, 3.05) is 0 Å². The monoisotopic (exact) mass is 426 g/mol. The lowest BCUT2D eigenvalue weighted by Crippen LogP contribution is -2.24. The Kier molecular flexibility index (Phi) is 5.40. The molecule has 0 aliphatic heterocycles. The van der Waals surface area contributed by atoms with Crippen molar-refractivity contribution in [1.29, 1.82) is 0 Å². The topological polar surface area (TPSA) is 87.6 Å². The van der Waals surface area contributed by atoms with Crippen LogP contribution in [0, 0.1) is 12.7 Å². The van der Waals surface area contributed by atoms with E-state index in [4.69, 9.17) is 0 Å². The molecule has 0 spiro atoms. The fraction of sp³-hybridized carbons (Fsp3) is 0.250. The molecular weight excluding hydrogens is 407 g/mol. The van der Waals surface area contributed by atoms with Crippen molar-refractivity contribution >= 4 is 17.1 Å². The standard InChI is InChI=1S/C20H19FN6O2S/c1-13-18(17(28)8-7-16-10-25(2)11-22-16)30-19(24-13)26-12-23-27(20(26)29)9-14-3-5-15(21)6-4-14/h3-6,10-12H,7-9H2,1-2H3. The van der Waals surface area contributed by atoms with Crippen molar-refractivity contribution in [3.8, 4) is 5.13 Å². The molecule has 3 aromatic heterocycles. The lowest BCUT2D eigenvalue weighted by Gasteiger charge is -2.00. The first-order chi connectivity index (χ1) is 14.4. The van der Waals surface area contributed by atoms with Crippen LogP contribution in [0.5, 0.6) is 0 Å². The molecule has 0 radical (unpaired) electrons. The number of rotatable bonds is 7. The van der Waals surface area contributed by atoms with Crippen LogP contribution in [-0.2, 0) is 20.0 Å². The number of Topliss-reactive ketones (excluding diaryl/α,β-unsaturated/α-hetero) is 1. The number of benzene rings is 1. The summed E-state index contributed by atoms with van der Waals surface area (Å²) in [5.74, 6) is -0.371. The molecule has 0 fully saturated rings. The summed E-state index contributed by atoms with van der Waals surface area (Å²) in [6, 6.07) is 5.88. The maximum absolute atomic E-state index is 13.1. The highest BCUT2D eigenvalue weighted by atomic mass is 32.1. The Hall–Kier alpha value is -3.40. The number of carbonyl (C=O) groups excluding carboxylic acids is 1. The molecule has 0 bridgehead atoms. The molecule has 4 rings (SSSR count). The Balaban J connectivity index is 1.51. The van der Waals surface area contributed by atoms with Gasteiger partial charge in [0, 0.05) is 19.7 Å². The first kappa shape index (κ1) is 19.9. The van der Waals surface area contributed by atoms with Gasteiger partial charge in [0.2, 0.25) is 0 Å². The van der Waals surface area contributed by atoms with Crippen LogP contribution in [0.4, 0.5) is 4.39 Å². The van der Waals surface area contributed by atoms with E-state index < -0.39 is 0 Å². The maximum Gasteiger partial charge on any atom is 0.352 e. The molecule has 154 valence electrons. The molecule has 0 aliphatic rings. The average Bonchev–Trinajstić information content (AvgIpc) is 3.41. The van der Waals surface area contributed by atoms with Crippen LogP contribution in [0.1, 0.15) is 33.0 Å². The van der Waals surface area contributed by atoms with Gasteiger partial charge in [0.25, 0.3) is 0 Å². The molecule has 0 amide bonds. The largest absolute Gasteiger partial charge is 0.352 e. The number of halogens is 1. The number of aromatic nitrogens is 6. The predicted molar refractivity (Wildman–Crippen MR) is 110 cm³/mol. The summed E-state index contributed by atoms with van der Waals surface area (Å²) in [7, 11) is 1.88. The summed E-state index contributed by atoms with van der Waals surface area (Å²) in [6.07, 6.45) is 5.82. The minimum atomic E-state index is -0.374. The van der Waals surface area contributed by atoms with Crippen LogP contribution in [0.3, 0.4) is 0 Å². The third-order valence-corrected chi connectivity index (χ3v) is 5.79. The first-order valence-corrected chi connectivity index (χ1v) is 10.1. The third-order valence-electron chi connectivity index (χ3n) is 4.59. The van der Waals surface area contributed by atoms with E-state index in [-0.39, 0.29) is 23.8 Å². The molecular formula is C20H19FN6O2S. The molecule has 4 aromatic rings. The Bertz CT molecular complexity index is 1250. The van der Waals surface area contributed by atoms with Gasteiger partial charge in [-0.25, -0.2) is 28.4 Å². The molecule has 30 heavy (non-hydrogen) atoms. The lowest BCUT2D eigenvalue weighted by atomic mass is 10.1. The molecule has 0 saturated heterocycles. The van der Waals surface area contributed by atoms with Crippen molar-refractivity contribution in [3.05, 3.63) is 81.2 Å². The van der Waals surface area contributed by atoms with Gasteiger partial charge in [-0.05, 0) is 31.0 Å². The quantitative estimate of drug-likeness (QED) is 0.424. The summed E-state index contributed by atoms with van der Waals surface area (Å²) >= 11 is 1.17. The lowest BCUT2D eigenvalue weighted by molar-refractivity contribution is 0.0985. The Morgan fingerprint density at radius 1 is 1.20 bits per heavy atom. The minimum Gasteiger partial charge on any atom is -0.340 e. The average molecular weight is 426 g/mol. The highest BCUT2D eigenvalue weighted by Gasteiger charge is 2.18. The molecule has 0 atom stereocenters. The van der Waals surface area contributed by atoms with Gasteiger partial charge in [0.05, 0.1) is 29.1 Å². The molecule has 0 unspecified atom stereocenters. The second-order valence-electron chi connectivity index (χ2n) is 6.93. The summed E-state index contributed by atoms with van der Waals surface area (Å²) in [5, 5.41) is 4.51. The van der Waals surface area contributed by atoms with E-state index in [2.05, 4.69) is 15.1 Å². The van der Waals surface area contributed by atoms with Crippen LogP contribution < -0.4 is 5.69 Å². The molecule has 0 N–H and O–H groups in total. The van der Waals surface area contributed by atoms with Crippen LogP contribution in [0.15, 0.2) is 47.9 Å².